The van der Waals surface area contributed by atoms with Gasteiger partial charge in [0.1, 0.15) is 23.4 Å². The van der Waals surface area contributed by atoms with E-state index < -0.39 is 11.9 Å². The number of imide groups is 1. The van der Waals surface area contributed by atoms with Crippen LogP contribution >= 0.6 is 12.2 Å². The molecule has 164 valence electrons. The number of amides is 2. The van der Waals surface area contributed by atoms with E-state index in [1.807, 2.05) is 0 Å². The van der Waals surface area contributed by atoms with Crippen molar-refractivity contribution in [3.8, 4) is 5.75 Å². The molecule has 1 N–H and O–H groups in total. The maximum atomic E-state index is 13.3. The molecule has 0 saturated carbocycles. The lowest BCUT2D eigenvalue weighted by Gasteiger charge is -2.29. The number of furan rings is 1. The summed E-state index contributed by atoms with van der Waals surface area (Å²) in [5.41, 5.74) is 1.02. The molecule has 1 saturated heterocycles. The second-order valence-electron chi connectivity index (χ2n) is 7.13. The quantitative estimate of drug-likeness (QED) is 0.447. The lowest BCUT2D eigenvalue weighted by molar-refractivity contribution is -0.122. The number of rotatable bonds is 6. The van der Waals surface area contributed by atoms with Crippen molar-refractivity contribution in [2.75, 3.05) is 17.3 Å². The first-order chi connectivity index (χ1) is 15.5. The summed E-state index contributed by atoms with van der Waals surface area (Å²) in [6, 6.07) is 15.0. The van der Waals surface area contributed by atoms with Crippen LogP contribution in [0.3, 0.4) is 0 Å². The maximum Gasteiger partial charge on any atom is 0.257 e. The van der Waals surface area contributed by atoms with Crippen molar-refractivity contribution in [2.24, 2.45) is 0 Å². The molecule has 1 fully saturated rings. The smallest absolute Gasteiger partial charge is 0.257 e. The van der Waals surface area contributed by atoms with Crippen molar-refractivity contribution in [3.63, 3.8) is 0 Å². The Hall–Kier alpha value is -3.72. The molecule has 2 heterocycles. The van der Waals surface area contributed by atoms with Gasteiger partial charge in [-0.15, -0.1) is 0 Å². The van der Waals surface area contributed by atoms with Crippen LogP contribution in [0, 0.1) is 5.82 Å². The van der Waals surface area contributed by atoms with Crippen LogP contribution in [0.1, 0.15) is 12.2 Å². The highest BCUT2D eigenvalue weighted by Crippen LogP contribution is 2.28. The molecule has 1 aliphatic rings. The summed E-state index contributed by atoms with van der Waals surface area (Å²) in [5, 5.41) is 3.23. The zero-order valence-electron chi connectivity index (χ0n) is 17.2. The Morgan fingerprint density at radius 1 is 1.19 bits per heavy atom. The van der Waals surface area contributed by atoms with Crippen LogP contribution in [0.25, 0.3) is 0 Å². The van der Waals surface area contributed by atoms with E-state index in [2.05, 4.69) is 5.32 Å². The monoisotopic (exact) mass is 453 g/mol. The van der Waals surface area contributed by atoms with E-state index in [9.17, 15) is 14.0 Å². The van der Waals surface area contributed by atoms with Gasteiger partial charge in [-0.1, -0.05) is 0 Å². The number of methoxy groups -OCH3 is 1. The Labute approximate surface area is 189 Å². The van der Waals surface area contributed by atoms with Gasteiger partial charge >= 0.3 is 0 Å². The van der Waals surface area contributed by atoms with E-state index in [0.717, 1.165) is 4.90 Å². The standard InChI is InChI=1S/C23H20FN3O4S/c1-30-18-10-8-17(9-11-18)27-21(28)13-20(22(27)29)26(14-19-3-2-12-31-19)23(32)25-16-6-4-15(24)5-7-16/h2-12,20H,13-14H2,1H3,(H,25,32). The summed E-state index contributed by atoms with van der Waals surface area (Å²) in [4.78, 5) is 28.9. The lowest BCUT2D eigenvalue weighted by Crippen LogP contribution is -2.46. The van der Waals surface area contributed by atoms with Gasteiger partial charge in [0, 0.05) is 5.69 Å². The fourth-order valence-corrected chi connectivity index (χ4v) is 3.79. The summed E-state index contributed by atoms with van der Waals surface area (Å²) in [6.07, 6.45) is 1.48. The SMILES string of the molecule is COc1ccc(N2C(=O)CC(N(Cc3ccco3)C(=S)Nc3ccc(F)cc3)C2=O)cc1. The number of nitrogens with zero attached hydrogens (tertiary/aromatic N) is 2. The molecule has 0 bridgehead atoms. The largest absolute Gasteiger partial charge is 0.497 e. The molecule has 9 heteroatoms. The third kappa shape index (κ3) is 4.47. The molecule has 0 spiro atoms. The van der Waals surface area contributed by atoms with Crippen molar-refractivity contribution in [1.82, 2.24) is 4.90 Å². The first-order valence-electron chi connectivity index (χ1n) is 9.82. The molecule has 2 aromatic carbocycles. The van der Waals surface area contributed by atoms with Gasteiger partial charge in [0.05, 0.1) is 32.0 Å². The number of benzene rings is 2. The fraction of sp³-hybridized carbons (Fsp3) is 0.174. The van der Waals surface area contributed by atoms with Crippen LogP contribution < -0.4 is 15.0 Å². The Morgan fingerprint density at radius 3 is 2.53 bits per heavy atom. The van der Waals surface area contributed by atoms with E-state index in [0.29, 0.717) is 22.9 Å². The van der Waals surface area contributed by atoms with Crippen molar-refractivity contribution in [3.05, 3.63) is 78.5 Å². The van der Waals surface area contributed by atoms with Crippen LogP contribution in [0.15, 0.2) is 71.3 Å². The van der Waals surface area contributed by atoms with E-state index >= 15 is 0 Å². The Bertz CT molecular complexity index is 1120. The summed E-state index contributed by atoms with van der Waals surface area (Å²) in [7, 11) is 1.54. The van der Waals surface area contributed by atoms with E-state index in [4.69, 9.17) is 21.4 Å². The number of ether oxygens (including phenoxy) is 1. The number of halogens is 1. The number of nitrogens with one attached hydrogen (secondary N) is 1. The Morgan fingerprint density at radius 2 is 1.91 bits per heavy atom. The highest BCUT2D eigenvalue weighted by Gasteiger charge is 2.44. The summed E-state index contributed by atoms with van der Waals surface area (Å²) in [6.45, 7) is 0.181. The van der Waals surface area contributed by atoms with Gasteiger partial charge in [-0.2, -0.15) is 0 Å². The lowest BCUT2D eigenvalue weighted by atomic mass is 10.2. The van der Waals surface area contributed by atoms with Gasteiger partial charge in [-0.05, 0) is 72.9 Å². The zero-order valence-corrected chi connectivity index (χ0v) is 18.0. The van der Waals surface area contributed by atoms with Gasteiger partial charge in [0.15, 0.2) is 5.11 Å². The van der Waals surface area contributed by atoms with Crippen molar-refractivity contribution < 1.29 is 23.1 Å². The number of hydrogen-bond acceptors (Lipinski definition) is 5. The molecule has 1 aliphatic heterocycles. The normalized spacial score (nSPS) is 15.7. The molecule has 32 heavy (non-hydrogen) atoms. The average Bonchev–Trinajstić information content (AvgIpc) is 3.41. The Balaban J connectivity index is 1.59. The highest BCUT2D eigenvalue weighted by molar-refractivity contribution is 7.80. The number of carbonyl (C=O) groups excluding carboxylic acids is 2. The second kappa shape index (κ2) is 9.19. The van der Waals surface area contributed by atoms with Gasteiger partial charge in [0.2, 0.25) is 5.91 Å². The zero-order chi connectivity index (χ0) is 22.7. The minimum atomic E-state index is -0.824. The molecule has 0 aliphatic carbocycles. The van der Waals surface area contributed by atoms with Gasteiger partial charge in [-0.3, -0.25) is 9.59 Å². The van der Waals surface area contributed by atoms with E-state index in [-0.39, 0.29) is 29.8 Å². The number of carbonyl (C=O) groups is 2. The van der Waals surface area contributed by atoms with Crippen molar-refractivity contribution in [1.29, 1.82) is 0 Å². The average molecular weight is 453 g/mol. The molecule has 2 amide bonds. The topological polar surface area (TPSA) is 75.0 Å². The first-order valence-corrected chi connectivity index (χ1v) is 10.2. The van der Waals surface area contributed by atoms with Crippen molar-refractivity contribution in [2.45, 2.75) is 19.0 Å². The molecule has 0 radical (unpaired) electrons. The van der Waals surface area contributed by atoms with Crippen LogP contribution in [0.4, 0.5) is 15.8 Å². The minimum absolute atomic E-state index is 0.0448. The minimum Gasteiger partial charge on any atom is -0.497 e. The number of hydrogen-bond donors (Lipinski definition) is 1. The molecule has 7 nitrogen and oxygen atoms in total. The third-order valence-corrected chi connectivity index (χ3v) is 5.43. The molecular formula is C23H20FN3O4S. The van der Waals surface area contributed by atoms with Gasteiger partial charge in [-0.25, -0.2) is 9.29 Å². The van der Waals surface area contributed by atoms with Crippen LogP contribution in [-0.2, 0) is 16.1 Å². The molecule has 1 unspecified atom stereocenters. The fourth-order valence-electron chi connectivity index (χ4n) is 3.48. The predicted octanol–water partition coefficient (Wildman–Crippen LogP) is 3.96. The summed E-state index contributed by atoms with van der Waals surface area (Å²) in [5.74, 6) is 0.0969. The van der Waals surface area contributed by atoms with Crippen molar-refractivity contribution >= 4 is 40.5 Å². The van der Waals surface area contributed by atoms with E-state index in [1.54, 1.807) is 48.4 Å². The predicted molar refractivity (Wildman–Crippen MR) is 121 cm³/mol. The molecule has 3 aromatic rings. The van der Waals surface area contributed by atoms with Crippen LogP contribution in [0.2, 0.25) is 0 Å². The maximum absolute atomic E-state index is 13.3. The summed E-state index contributed by atoms with van der Waals surface area (Å²) >= 11 is 5.56. The molecule has 1 atom stereocenters. The van der Waals surface area contributed by atoms with Gasteiger partial charge in [0.25, 0.3) is 5.91 Å². The van der Waals surface area contributed by atoms with E-state index in [1.165, 1.54) is 30.5 Å². The van der Waals surface area contributed by atoms with Crippen LogP contribution in [0.5, 0.6) is 5.75 Å². The van der Waals surface area contributed by atoms with Crippen LogP contribution in [-0.4, -0.2) is 35.0 Å². The second-order valence-corrected chi connectivity index (χ2v) is 7.52. The highest BCUT2D eigenvalue weighted by atomic mass is 32.1. The third-order valence-electron chi connectivity index (χ3n) is 5.09. The molecule has 4 rings (SSSR count). The molecular weight excluding hydrogens is 433 g/mol. The number of thiocarbonyl (C=S) groups is 1. The first kappa shape index (κ1) is 21.5. The summed E-state index contributed by atoms with van der Waals surface area (Å²) < 4.78 is 23.8. The molecule has 1 aromatic heterocycles. The van der Waals surface area contributed by atoms with Gasteiger partial charge < -0.3 is 19.4 Å². The number of anilines is 2. The Kier molecular flexibility index (Phi) is 6.18.